The molecule has 0 amide bonds. The van der Waals surface area contributed by atoms with Crippen LogP contribution in [0, 0.1) is 24.8 Å². The summed E-state index contributed by atoms with van der Waals surface area (Å²) in [5, 5.41) is 16.8. The molecule has 0 saturated carbocycles. The van der Waals surface area contributed by atoms with E-state index in [1.165, 1.54) is 38.8 Å². The van der Waals surface area contributed by atoms with E-state index in [0.717, 1.165) is 58.4 Å². The number of aliphatic hydroxyl groups is 1. The van der Waals surface area contributed by atoms with Gasteiger partial charge in [-0.05, 0) is 72.7 Å². The Hall–Kier alpha value is -4.05. The maximum absolute atomic E-state index is 11.7. The van der Waals surface area contributed by atoms with Gasteiger partial charge in [0.2, 0.25) is 0 Å². The monoisotopic (exact) mass is 786 g/mol. The van der Waals surface area contributed by atoms with Gasteiger partial charge in [-0.25, -0.2) is 0 Å². The molecule has 4 nitrogen and oxygen atoms in total. The summed E-state index contributed by atoms with van der Waals surface area (Å²) < 4.78 is 2.40. The first-order chi connectivity index (χ1) is 21.9. The average molecular weight is 786 g/mol. The first-order valence-corrected chi connectivity index (χ1v) is 16.3. The van der Waals surface area contributed by atoms with Crippen LogP contribution in [0.2, 0.25) is 0 Å². The number of aliphatic hydroxyl groups excluding tert-OH is 1. The van der Waals surface area contributed by atoms with Gasteiger partial charge in [-0.3, -0.25) is 9.78 Å². The van der Waals surface area contributed by atoms with E-state index >= 15 is 0 Å². The molecule has 0 bridgehead atoms. The number of ketones is 1. The van der Waals surface area contributed by atoms with Crippen LogP contribution in [0.1, 0.15) is 58.9 Å². The molecule has 3 aromatic heterocycles. The number of hydrogen-bond donors (Lipinski definition) is 1. The summed E-state index contributed by atoms with van der Waals surface area (Å²) in [5.74, 6) is 0.547. The minimum absolute atomic E-state index is 0. The smallest absolute Gasteiger partial charge is 0.162 e. The molecule has 5 heteroatoms. The fraction of sp³-hybridized carbons (Fsp3) is 0.268. The number of rotatable bonds is 7. The second-order valence-electron chi connectivity index (χ2n) is 12.0. The number of carbonyl (C=O) groups excluding carboxylic acids is 1. The molecule has 46 heavy (non-hydrogen) atoms. The minimum atomic E-state index is 0. The van der Waals surface area contributed by atoms with Crippen LogP contribution < -0.4 is 0 Å². The largest absolute Gasteiger partial charge is 0.512 e. The van der Waals surface area contributed by atoms with Gasteiger partial charge >= 0.3 is 0 Å². The second kappa shape index (κ2) is 14.2. The molecule has 7 rings (SSSR count). The number of aromatic nitrogens is 2. The Morgan fingerprint density at radius 1 is 0.804 bits per heavy atom. The molecule has 0 aliphatic heterocycles. The van der Waals surface area contributed by atoms with E-state index in [4.69, 9.17) is 4.98 Å². The summed E-state index contributed by atoms with van der Waals surface area (Å²) in [6, 6.07) is 33.8. The molecule has 0 atom stereocenters. The van der Waals surface area contributed by atoms with E-state index in [0.29, 0.717) is 0 Å². The molecule has 0 aliphatic rings. The number of pyridine rings is 2. The van der Waals surface area contributed by atoms with Gasteiger partial charge in [-0.1, -0.05) is 99.1 Å². The molecular formula is C41H41IrN2O2-. The Kier molecular flexibility index (Phi) is 10.3. The zero-order chi connectivity index (χ0) is 31.7. The van der Waals surface area contributed by atoms with Crippen molar-refractivity contribution in [3.8, 4) is 0 Å². The number of fused-ring (bicyclic) bond motifs is 10. The van der Waals surface area contributed by atoms with Gasteiger partial charge in [0, 0.05) is 60.0 Å². The Bertz CT molecular complexity index is 2220. The second-order valence-corrected chi connectivity index (χ2v) is 12.0. The number of hydrogen-bond acceptors (Lipinski definition) is 3. The van der Waals surface area contributed by atoms with Crippen molar-refractivity contribution in [3.63, 3.8) is 0 Å². The number of nitrogens with zero attached hydrogens (tertiary/aromatic N) is 2. The topological polar surface area (TPSA) is 54.6 Å². The van der Waals surface area contributed by atoms with Crippen molar-refractivity contribution in [2.24, 2.45) is 11.8 Å². The summed E-state index contributed by atoms with van der Waals surface area (Å²) in [6.07, 6.45) is 4.91. The average Bonchev–Trinajstić information content (AvgIpc) is 3.37. The van der Waals surface area contributed by atoms with Crippen molar-refractivity contribution < 1.29 is 30.0 Å². The van der Waals surface area contributed by atoms with Crippen LogP contribution >= 0.6 is 0 Å². The molecular weight excluding hydrogens is 745 g/mol. The van der Waals surface area contributed by atoms with Crippen LogP contribution in [0.15, 0.2) is 96.8 Å². The molecule has 7 aromatic rings. The van der Waals surface area contributed by atoms with E-state index in [-0.39, 0.29) is 43.5 Å². The van der Waals surface area contributed by atoms with Crippen LogP contribution in [0.3, 0.4) is 0 Å². The normalized spacial score (nSPS) is 12.0. The van der Waals surface area contributed by atoms with Crippen molar-refractivity contribution in [2.75, 3.05) is 0 Å². The third kappa shape index (κ3) is 5.95. The van der Waals surface area contributed by atoms with Gasteiger partial charge in [-0.2, -0.15) is 0 Å². The van der Waals surface area contributed by atoms with E-state index in [9.17, 15) is 9.90 Å². The number of carbonyl (C=O) groups is 1. The molecule has 0 saturated heterocycles. The molecule has 4 aromatic carbocycles. The standard InChI is InChI=1S/C28H17N2.C13H24O2.Ir/c1-17-21-11-5-7-13-25(21)30-26-16-19-9-3-2-8-18(19)14-22(26)27-23(28(17)30)15-20-10-4-6-12-24(20)29-27;1-5-10(6-2)12(14)9-13(15)11(7-3)8-4;/h2-13,15-16H,1H3;9-11,14H,5-8H2,1-4H3;/q-1;;/b;12-9-;. The number of benzene rings is 4. The zero-order valence-corrected chi connectivity index (χ0v) is 29.6. The van der Waals surface area contributed by atoms with Crippen LogP contribution in [-0.2, 0) is 24.9 Å². The third-order valence-electron chi connectivity index (χ3n) is 9.44. The first-order valence-electron chi connectivity index (χ1n) is 16.3. The number of para-hydroxylation sites is 2. The van der Waals surface area contributed by atoms with E-state index in [1.54, 1.807) is 0 Å². The Morgan fingerprint density at radius 2 is 1.43 bits per heavy atom. The molecule has 0 fully saturated rings. The molecule has 237 valence electrons. The van der Waals surface area contributed by atoms with Gasteiger partial charge < -0.3 is 9.51 Å². The van der Waals surface area contributed by atoms with Gasteiger partial charge in [0.1, 0.15) is 0 Å². The molecule has 0 unspecified atom stereocenters. The number of allylic oxidation sites excluding steroid dienone is 2. The Balaban J connectivity index is 0.000000225. The minimum Gasteiger partial charge on any atom is -0.512 e. The van der Waals surface area contributed by atoms with Crippen molar-refractivity contribution in [2.45, 2.75) is 60.3 Å². The van der Waals surface area contributed by atoms with Gasteiger partial charge in [-0.15, -0.1) is 17.5 Å². The van der Waals surface area contributed by atoms with Crippen LogP contribution in [0.5, 0.6) is 0 Å². The fourth-order valence-corrected chi connectivity index (χ4v) is 6.75. The van der Waals surface area contributed by atoms with Gasteiger partial charge in [0.05, 0.1) is 11.3 Å². The number of aryl methyl sites for hydroxylation is 1. The van der Waals surface area contributed by atoms with Crippen molar-refractivity contribution in [3.05, 3.63) is 108 Å². The van der Waals surface area contributed by atoms with E-state index in [1.807, 2.05) is 27.7 Å². The van der Waals surface area contributed by atoms with Gasteiger partial charge in [0.25, 0.3) is 0 Å². The molecule has 0 spiro atoms. The maximum atomic E-state index is 11.7. The van der Waals surface area contributed by atoms with Crippen LogP contribution in [0.4, 0.5) is 0 Å². The quantitative estimate of drug-likeness (QED) is 0.0576. The van der Waals surface area contributed by atoms with E-state index < -0.39 is 0 Å². The van der Waals surface area contributed by atoms with Crippen LogP contribution in [0.25, 0.3) is 59.9 Å². The zero-order valence-electron chi connectivity index (χ0n) is 27.2. The summed E-state index contributed by atoms with van der Waals surface area (Å²) in [7, 11) is 0. The van der Waals surface area contributed by atoms with Crippen molar-refractivity contribution in [1.82, 2.24) is 9.38 Å². The predicted molar refractivity (Wildman–Crippen MR) is 190 cm³/mol. The Labute approximate surface area is 284 Å². The molecule has 0 aliphatic carbocycles. The molecule has 1 N–H and O–H groups in total. The van der Waals surface area contributed by atoms with Crippen molar-refractivity contribution >= 4 is 65.7 Å². The SMILES string of the molecule is CCC(CC)C(=O)/C=C(\O)C(CC)CC.Cc1c2ccccc2n2c3cc4ccccc4[c-]c3c3nc4ccccc4cc3c12.[Ir]. The third-order valence-corrected chi connectivity index (χ3v) is 9.44. The van der Waals surface area contributed by atoms with Crippen molar-refractivity contribution in [1.29, 1.82) is 0 Å². The van der Waals surface area contributed by atoms with Gasteiger partial charge in [0.15, 0.2) is 5.78 Å². The van der Waals surface area contributed by atoms with E-state index in [2.05, 4.69) is 102 Å². The fourth-order valence-electron chi connectivity index (χ4n) is 6.75. The Morgan fingerprint density at radius 3 is 2.15 bits per heavy atom. The first kappa shape index (κ1) is 33.3. The summed E-state index contributed by atoms with van der Waals surface area (Å²) in [6.45, 7) is 10.3. The molecule has 3 heterocycles. The molecule has 1 radical (unpaired) electrons. The summed E-state index contributed by atoms with van der Waals surface area (Å²) in [5.41, 5.74) is 6.96. The predicted octanol–water partition coefficient (Wildman–Crippen LogP) is 11.1. The maximum Gasteiger partial charge on any atom is 0.162 e. The summed E-state index contributed by atoms with van der Waals surface area (Å²) >= 11 is 0. The summed E-state index contributed by atoms with van der Waals surface area (Å²) in [4.78, 5) is 16.8. The van der Waals surface area contributed by atoms with Crippen LogP contribution in [-0.4, -0.2) is 20.3 Å².